The Balaban J connectivity index is 1.54. The zero-order valence-electron chi connectivity index (χ0n) is 14.0. The topological polar surface area (TPSA) is 49.6 Å². The maximum Gasteiger partial charge on any atom is 0.155 e. The highest BCUT2D eigenvalue weighted by atomic mass is 79.9. The van der Waals surface area contributed by atoms with Gasteiger partial charge in [0.15, 0.2) is 5.65 Å². The zero-order valence-corrected chi connectivity index (χ0v) is 15.6. The van der Waals surface area contributed by atoms with E-state index in [1.165, 1.54) is 13.1 Å². The monoisotopic (exact) mass is 398 g/mol. The maximum absolute atomic E-state index is 4.92. The van der Waals surface area contributed by atoms with E-state index in [0.717, 1.165) is 52.3 Å². The van der Waals surface area contributed by atoms with E-state index in [1.807, 2.05) is 16.6 Å². The number of hydrogen-bond donors (Lipinski definition) is 0. The molecule has 7 heteroatoms. The second-order valence-electron chi connectivity index (χ2n) is 7.09. The Morgan fingerprint density at radius 3 is 2.44 bits per heavy atom. The molecule has 0 saturated carbocycles. The van der Waals surface area contributed by atoms with E-state index in [9.17, 15) is 0 Å². The SMILES string of the molecule is CN1C[C@@H]2CN(c3ccc4nc(Br)c(-c5ccncc5)n4n3)C[C@@H]2C1. The van der Waals surface area contributed by atoms with Crippen molar-refractivity contribution in [2.24, 2.45) is 11.8 Å². The van der Waals surface area contributed by atoms with Crippen molar-refractivity contribution in [1.29, 1.82) is 0 Å². The van der Waals surface area contributed by atoms with Crippen LogP contribution in [0.3, 0.4) is 0 Å². The molecule has 2 aliphatic heterocycles. The van der Waals surface area contributed by atoms with E-state index < -0.39 is 0 Å². The van der Waals surface area contributed by atoms with Crippen LogP contribution >= 0.6 is 15.9 Å². The molecule has 0 amide bonds. The highest BCUT2D eigenvalue weighted by molar-refractivity contribution is 9.10. The second-order valence-corrected chi connectivity index (χ2v) is 7.85. The molecule has 0 aromatic carbocycles. The normalized spacial score (nSPS) is 23.5. The van der Waals surface area contributed by atoms with Gasteiger partial charge in [0.05, 0.1) is 0 Å². The maximum atomic E-state index is 4.92. The molecule has 5 heterocycles. The number of hydrogen-bond acceptors (Lipinski definition) is 5. The van der Waals surface area contributed by atoms with E-state index in [2.05, 4.69) is 54.9 Å². The summed E-state index contributed by atoms with van der Waals surface area (Å²) in [7, 11) is 2.22. The first-order valence-electron chi connectivity index (χ1n) is 8.58. The van der Waals surface area contributed by atoms with Gasteiger partial charge in [0.25, 0.3) is 0 Å². The van der Waals surface area contributed by atoms with Gasteiger partial charge in [0.1, 0.15) is 16.1 Å². The smallest absolute Gasteiger partial charge is 0.155 e. The molecule has 0 aliphatic carbocycles. The molecule has 0 radical (unpaired) electrons. The minimum atomic E-state index is 0.761. The summed E-state index contributed by atoms with van der Waals surface area (Å²) in [6.45, 7) is 4.58. The molecule has 6 nitrogen and oxygen atoms in total. The Bertz CT molecular complexity index is 910. The fourth-order valence-corrected chi connectivity index (χ4v) is 4.81. The summed E-state index contributed by atoms with van der Waals surface area (Å²) >= 11 is 3.59. The van der Waals surface area contributed by atoms with E-state index in [0.29, 0.717) is 0 Å². The number of rotatable bonds is 2. The summed E-state index contributed by atoms with van der Waals surface area (Å²) in [4.78, 5) is 13.6. The molecule has 2 atom stereocenters. The summed E-state index contributed by atoms with van der Waals surface area (Å²) in [6.07, 6.45) is 3.59. The van der Waals surface area contributed by atoms with Crippen molar-refractivity contribution in [3.8, 4) is 11.3 Å². The number of aromatic nitrogens is 4. The van der Waals surface area contributed by atoms with Crippen molar-refractivity contribution in [1.82, 2.24) is 24.5 Å². The first kappa shape index (κ1) is 15.3. The molecular formula is C18H19BrN6. The average Bonchev–Trinajstić information content (AvgIpc) is 3.24. The van der Waals surface area contributed by atoms with Crippen LogP contribution in [0.15, 0.2) is 41.3 Å². The van der Waals surface area contributed by atoms with Gasteiger partial charge >= 0.3 is 0 Å². The summed E-state index contributed by atoms with van der Waals surface area (Å²) in [5.74, 6) is 2.55. The molecule has 0 spiro atoms. The van der Waals surface area contributed by atoms with Crippen LogP contribution in [0, 0.1) is 11.8 Å². The van der Waals surface area contributed by atoms with Crippen LogP contribution in [0.25, 0.3) is 16.9 Å². The van der Waals surface area contributed by atoms with Gasteiger partial charge in [-0.1, -0.05) is 0 Å². The molecule has 128 valence electrons. The van der Waals surface area contributed by atoms with Crippen LogP contribution in [-0.2, 0) is 0 Å². The number of imidazole rings is 1. The van der Waals surface area contributed by atoms with Crippen molar-refractivity contribution >= 4 is 27.4 Å². The lowest BCUT2D eigenvalue weighted by molar-refractivity contribution is 0.386. The molecule has 5 rings (SSSR count). The quantitative estimate of drug-likeness (QED) is 0.663. The Hall–Kier alpha value is -1.99. The fourth-order valence-electron chi connectivity index (χ4n) is 4.23. The minimum Gasteiger partial charge on any atom is -0.355 e. The van der Waals surface area contributed by atoms with E-state index >= 15 is 0 Å². The Morgan fingerprint density at radius 1 is 1.00 bits per heavy atom. The molecule has 0 unspecified atom stereocenters. The predicted octanol–water partition coefficient (Wildman–Crippen LogP) is 2.55. The second kappa shape index (κ2) is 5.78. The summed E-state index contributed by atoms with van der Waals surface area (Å²) in [5.41, 5.74) is 2.87. The first-order valence-corrected chi connectivity index (χ1v) is 9.37. The van der Waals surface area contributed by atoms with Crippen molar-refractivity contribution in [3.63, 3.8) is 0 Å². The molecular weight excluding hydrogens is 380 g/mol. The average molecular weight is 399 g/mol. The van der Waals surface area contributed by atoms with Crippen LogP contribution in [0.5, 0.6) is 0 Å². The minimum absolute atomic E-state index is 0.761. The van der Waals surface area contributed by atoms with E-state index in [4.69, 9.17) is 5.10 Å². The molecule has 2 aliphatic rings. The van der Waals surface area contributed by atoms with Gasteiger partial charge in [0, 0.05) is 44.1 Å². The van der Waals surface area contributed by atoms with Crippen molar-refractivity contribution < 1.29 is 0 Å². The molecule has 25 heavy (non-hydrogen) atoms. The lowest BCUT2D eigenvalue weighted by atomic mass is 10.0. The van der Waals surface area contributed by atoms with Gasteiger partial charge in [-0.2, -0.15) is 0 Å². The third-order valence-corrected chi connectivity index (χ3v) is 5.92. The molecule has 2 saturated heterocycles. The zero-order chi connectivity index (χ0) is 17.0. The van der Waals surface area contributed by atoms with Gasteiger partial charge in [-0.15, -0.1) is 5.10 Å². The van der Waals surface area contributed by atoms with Gasteiger partial charge in [-0.05, 0) is 59.1 Å². The van der Waals surface area contributed by atoms with Crippen molar-refractivity contribution in [3.05, 3.63) is 41.3 Å². The van der Waals surface area contributed by atoms with Gasteiger partial charge in [-0.3, -0.25) is 4.98 Å². The largest absolute Gasteiger partial charge is 0.355 e. The molecule has 3 aromatic rings. The van der Waals surface area contributed by atoms with E-state index in [-0.39, 0.29) is 0 Å². The number of anilines is 1. The standard InChI is InChI=1S/C18H19BrN6/c1-23-8-13-10-24(11-14(13)9-23)16-3-2-15-21-18(19)17(25(15)22-16)12-4-6-20-7-5-12/h2-7,13-14H,8-11H2,1H3/t13-,14+. The Labute approximate surface area is 154 Å². The van der Waals surface area contributed by atoms with E-state index in [1.54, 1.807) is 12.4 Å². The third-order valence-electron chi connectivity index (χ3n) is 5.37. The van der Waals surface area contributed by atoms with Gasteiger partial charge in [-0.25, -0.2) is 9.50 Å². The molecule has 0 N–H and O–H groups in total. The first-order chi connectivity index (χ1) is 12.2. The van der Waals surface area contributed by atoms with Crippen LogP contribution in [0.1, 0.15) is 0 Å². The van der Waals surface area contributed by atoms with Gasteiger partial charge < -0.3 is 9.80 Å². The molecule has 2 fully saturated rings. The summed E-state index contributed by atoms with van der Waals surface area (Å²) < 4.78 is 2.75. The molecule has 3 aromatic heterocycles. The van der Waals surface area contributed by atoms with Crippen LogP contribution in [0.2, 0.25) is 0 Å². The number of pyridine rings is 1. The van der Waals surface area contributed by atoms with Crippen molar-refractivity contribution in [2.45, 2.75) is 0 Å². The predicted molar refractivity (Wildman–Crippen MR) is 101 cm³/mol. The van der Waals surface area contributed by atoms with Gasteiger partial charge in [0.2, 0.25) is 0 Å². The Kier molecular flexibility index (Phi) is 3.53. The fraction of sp³-hybridized carbons (Fsp3) is 0.389. The van der Waals surface area contributed by atoms with Crippen LogP contribution < -0.4 is 4.90 Å². The van der Waals surface area contributed by atoms with Crippen LogP contribution in [0.4, 0.5) is 5.82 Å². The number of nitrogens with zero attached hydrogens (tertiary/aromatic N) is 6. The summed E-state index contributed by atoms with van der Waals surface area (Å²) in [6, 6.07) is 8.12. The molecule has 0 bridgehead atoms. The van der Waals surface area contributed by atoms with Crippen LogP contribution in [-0.4, -0.2) is 57.7 Å². The third kappa shape index (κ3) is 2.53. The summed E-state index contributed by atoms with van der Waals surface area (Å²) in [5, 5.41) is 4.92. The number of fused-ring (bicyclic) bond motifs is 2. The lowest BCUT2D eigenvalue weighted by Crippen LogP contribution is -2.27. The highest BCUT2D eigenvalue weighted by Crippen LogP contribution is 2.34. The Morgan fingerprint density at radius 2 is 1.72 bits per heavy atom. The number of halogens is 1. The highest BCUT2D eigenvalue weighted by Gasteiger charge is 2.39. The lowest BCUT2D eigenvalue weighted by Gasteiger charge is -2.20. The number of likely N-dealkylation sites (tertiary alicyclic amines) is 1. The van der Waals surface area contributed by atoms with Crippen molar-refractivity contribution in [2.75, 3.05) is 38.1 Å².